The first-order chi connectivity index (χ1) is 16.0. The number of benzene rings is 2. The van der Waals surface area contributed by atoms with E-state index in [1.54, 1.807) is 0 Å². The standard InChI is InChI=1S/C12H11Si.C10H22N.C9H13.2ClH.Hf/c1-3-7-11(8-4-1)13-12-9-5-2-6-10-12;1-2-3-4-5-6-7-8-9-10-11;1-6-5-7(2)9(4)8(6)3;;;/h1-10,13H;11H,2-10H2,1H3;6H,1-4H3;2*1H;/q;2*-1;;;. The fraction of sp³-hybridized carbons (Fsp3) is 0.484. The normalized spacial score (nSPS) is 13.5. The van der Waals surface area contributed by atoms with Crippen LogP contribution in [-0.2, 0) is 25.8 Å². The van der Waals surface area contributed by atoms with E-state index in [0.717, 1.165) is 6.42 Å². The number of nitrogens with one attached hydrogen (secondary N) is 1. The molecule has 1 aliphatic carbocycles. The summed E-state index contributed by atoms with van der Waals surface area (Å²) in [6.45, 7) is 11.5. The minimum absolute atomic E-state index is 0. The van der Waals surface area contributed by atoms with Crippen LogP contribution in [0.25, 0.3) is 5.73 Å². The molecule has 0 saturated carbocycles. The van der Waals surface area contributed by atoms with Gasteiger partial charge in [0.1, 0.15) is 9.52 Å². The predicted molar refractivity (Wildman–Crippen MR) is 166 cm³/mol. The SMILES string of the molecule is CC1=[C-]C(C)C(C)=C1C.CCCCCCCCCC[NH-].Cl.Cl.[Hf].c1ccc([SiH]c2ccccc2)cc1. The molecule has 0 fully saturated rings. The quantitative estimate of drug-likeness (QED) is 0.134. The van der Waals surface area contributed by atoms with E-state index in [9.17, 15) is 0 Å². The van der Waals surface area contributed by atoms with Crippen molar-refractivity contribution in [1.29, 1.82) is 0 Å². The number of allylic oxidation sites excluding steroid dienone is 4. The van der Waals surface area contributed by atoms with Crippen molar-refractivity contribution in [3.8, 4) is 0 Å². The van der Waals surface area contributed by atoms with Crippen molar-refractivity contribution >= 4 is 44.7 Å². The molecule has 36 heavy (non-hydrogen) atoms. The molecular weight excluding hydrogens is 664 g/mol. The molecule has 1 aliphatic rings. The van der Waals surface area contributed by atoms with Crippen LogP contribution in [0, 0.1) is 12.0 Å². The third-order valence-corrected chi connectivity index (χ3v) is 7.64. The molecule has 0 amide bonds. The minimum Gasteiger partial charge on any atom is -0.677 e. The van der Waals surface area contributed by atoms with Crippen molar-refractivity contribution in [1.82, 2.24) is 0 Å². The molecule has 3 rings (SSSR count). The molecule has 2 aromatic carbocycles. The maximum Gasteiger partial charge on any atom is 0.103 e. The van der Waals surface area contributed by atoms with Gasteiger partial charge in [-0.05, 0) is 0 Å². The van der Waals surface area contributed by atoms with Crippen LogP contribution < -0.4 is 10.4 Å². The van der Waals surface area contributed by atoms with Gasteiger partial charge in [0.25, 0.3) is 0 Å². The number of unbranched alkanes of at least 4 members (excludes halogenated alkanes) is 7. The summed E-state index contributed by atoms with van der Waals surface area (Å²) >= 11 is 0. The average molecular weight is 712 g/mol. The Bertz CT molecular complexity index is 764. The third kappa shape index (κ3) is 18.7. The Kier molecular flexibility index (Phi) is 29.1. The first kappa shape index (κ1) is 40.0. The van der Waals surface area contributed by atoms with E-state index >= 15 is 0 Å². The van der Waals surface area contributed by atoms with E-state index in [1.807, 2.05) is 0 Å². The summed E-state index contributed by atoms with van der Waals surface area (Å²) in [5.41, 5.74) is 11.2. The van der Waals surface area contributed by atoms with Crippen LogP contribution in [0.3, 0.4) is 0 Å². The molecular formula is C31H48Cl2HfNSi-2. The molecule has 0 aromatic heterocycles. The van der Waals surface area contributed by atoms with Crippen LogP contribution in [0.5, 0.6) is 0 Å². The molecule has 2 aromatic rings. The van der Waals surface area contributed by atoms with Crippen LogP contribution in [0.15, 0.2) is 77.4 Å². The maximum atomic E-state index is 6.95. The van der Waals surface area contributed by atoms with Crippen molar-refractivity contribution in [2.24, 2.45) is 5.92 Å². The second kappa shape index (κ2) is 26.2. The van der Waals surface area contributed by atoms with Crippen LogP contribution in [0.4, 0.5) is 0 Å². The molecule has 0 aliphatic heterocycles. The number of rotatable bonds is 10. The van der Waals surface area contributed by atoms with Gasteiger partial charge in [-0.3, -0.25) is 6.08 Å². The van der Waals surface area contributed by atoms with Gasteiger partial charge in [0.15, 0.2) is 0 Å². The zero-order valence-corrected chi connectivity index (χ0v) is 29.5. The van der Waals surface area contributed by atoms with E-state index in [-0.39, 0.29) is 60.2 Å². The Hall–Kier alpha value is -0.453. The van der Waals surface area contributed by atoms with Gasteiger partial charge in [0.05, 0.1) is 0 Å². The van der Waals surface area contributed by atoms with Crippen molar-refractivity contribution in [2.45, 2.75) is 86.0 Å². The molecule has 0 heterocycles. The van der Waals surface area contributed by atoms with Crippen molar-refractivity contribution < 1.29 is 25.8 Å². The number of hydrogen-bond acceptors (Lipinski definition) is 0. The Balaban J connectivity index is -0.000000443. The van der Waals surface area contributed by atoms with Crippen molar-refractivity contribution in [3.63, 3.8) is 0 Å². The summed E-state index contributed by atoms with van der Waals surface area (Å²) in [6, 6.07) is 21.3. The van der Waals surface area contributed by atoms with E-state index in [2.05, 4.69) is 101 Å². The number of hydrogen-bond donors (Lipinski definition) is 0. The molecule has 5 heteroatoms. The molecule has 0 bridgehead atoms. The monoisotopic (exact) mass is 712 g/mol. The zero-order chi connectivity index (χ0) is 24.3. The van der Waals surface area contributed by atoms with E-state index in [0.29, 0.717) is 12.5 Å². The molecule has 0 saturated heterocycles. The minimum atomic E-state index is 0. The molecule has 1 unspecified atom stereocenters. The second-order valence-corrected chi connectivity index (χ2v) is 10.6. The van der Waals surface area contributed by atoms with Gasteiger partial charge in [-0.1, -0.05) is 156 Å². The first-order valence-electron chi connectivity index (χ1n) is 12.9. The van der Waals surface area contributed by atoms with Gasteiger partial charge in [-0.25, -0.2) is 5.57 Å². The molecule has 0 spiro atoms. The van der Waals surface area contributed by atoms with E-state index in [1.165, 1.54) is 72.0 Å². The molecule has 1 atom stereocenters. The number of halogens is 2. The topological polar surface area (TPSA) is 23.8 Å². The first-order valence-corrected chi connectivity index (χ1v) is 14.0. The van der Waals surface area contributed by atoms with Crippen LogP contribution >= 0.6 is 24.8 Å². The molecule has 1 N–H and O–H groups in total. The summed E-state index contributed by atoms with van der Waals surface area (Å²) in [5.74, 6) is 0.560. The Labute approximate surface area is 256 Å². The smallest absolute Gasteiger partial charge is 0.103 e. The zero-order valence-electron chi connectivity index (χ0n) is 23.1. The molecule has 1 radical (unpaired) electrons. The summed E-state index contributed by atoms with van der Waals surface area (Å²) < 4.78 is 0. The van der Waals surface area contributed by atoms with Crippen molar-refractivity contribution in [2.75, 3.05) is 6.54 Å². The Morgan fingerprint density at radius 2 is 1.14 bits per heavy atom. The average Bonchev–Trinajstić information content (AvgIpc) is 3.06. The van der Waals surface area contributed by atoms with Gasteiger partial charge in [0.2, 0.25) is 0 Å². The van der Waals surface area contributed by atoms with Crippen LogP contribution in [-0.4, -0.2) is 16.1 Å². The summed E-state index contributed by atoms with van der Waals surface area (Å²) in [4.78, 5) is 0. The molecule has 201 valence electrons. The Morgan fingerprint density at radius 1 is 0.722 bits per heavy atom. The molecule has 1 nitrogen and oxygen atoms in total. The van der Waals surface area contributed by atoms with Gasteiger partial charge in [0, 0.05) is 25.8 Å². The van der Waals surface area contributed by atoms with Gasteiger partial charge in [-0.2, -0.15) is 17.7 Å². The van der Waals surface area contributed by atoms with Gasteiger partial charge >= 0.3 is 0 Å². The second-order valence-electron chi connectivity index (χ2n) is 8.99. The van der Waals surface area contributed by atoms with Crippen molar-refractivity contribution in [3.05, 3.63) is 89.2 Å². The Morgan fingerprint density at radius 3 is 1.44 bits per heavy atom. The predicted octanol–water partition coefficient (Wildman–Crippen LogP) is 8.82. The van der Waals surface area contributed by atoms with Crippen LogP contribution in [0.2, 0.25) is 0 Å². The largest absolute Gasteiger partial charge is 0.677 e. The van der Waals surface area contributed by atoms with Crippen LogP contribution in [0.1, 0.15) is 86.0 Å². The summed E-state index contributed by atoms with van der Waals surface area (Å²) in [7, 11) is 0.271. The van der Waals surface area contributed by atoms with Gasteiger partial charge < -0.3 is 5.73 Å². The fourth-order valence-electron chi connectivity index (χ4n) is 3.71. The van der Waals surface area contributed by atoms with E-state index in [4.69, 9.17) is 5.73 Å². The third-order valence-electron chi connectivity index (χ3n) is 6.20. The summed E-state index contributed by atoms with van der Waals surface area (Å²) in [6.07, 6.45) is 14.0. The van der Waals surface area contributed by atoms with Gasteiger partial charge in [-0.15, -0.1) is 31.7 Å². The maximum absolute atomic E-state index is 6.95. The fourth-order valence-corrected chi connectivity index (χ4v) is 4.93. The van der Waals surface area contributed by atoms with E-state index < -0.39 is 0 Å². The summed E-state index contributed by atoms with van der Waals surface area (Å²) in [5, 5.41) is 2.90.